The summed E-state index contributed by atoms with van der Waals surface area (Å²) in [6, 6.07) is 2.18. The van der Waals surface area contributed by atoms with Crippen LogP contribution in [0.1, 0.15) is 46.0 Å². The van der Waals surface area contributed by atoms with Crippen LogP contribution in [0.15, 0.2) is 23.1 Å². The first-order valence-electron chi connectivity index (χ1n) is 11.2. The minimum atomic E-state index is -4.60. The van der Waals surface area contributed by atoms with Gasteiger partial charge in [-0.2, -0.15) is 13.2 Å². The van der Waals surface area contributed by atoms with Crippen molar-refractivity contribution in [3.63, 3.8) is 0 Å². The van der Waals surface area contributed by atoms with Crippen LogP contribution in [0.25, 0.3) is 0 Å². The summed E-state index contributed by atoms with van der Waals surface area (Å²) in [6.07, 6.45) is -4.38. The van der Waals surface area contributed by atoms with E-state index in [2.05, 4.69) is 5.32 Å². The molecule has 0 unspecified atom stereocenters. The van der Waals surface area contributed by atoms with E-state index in [-0.39, 0.29) is 34.5 Å². The second-order valence-corrected chi connectivity index (χ2v) is 12.6. The number of nitrogens with one attached hydrogen (secondary N) is 1. The number of nitrogens with zero attached hydrogens (tertiary/aromatic N) is 1. The molecular weight excluding hydrogens is 511 g/mol. The molecule has 0 aromatic heterocycles. The first-order chi connectivity index (χ1) is 16.1. The van der Waals surface area contributed by atoms with Crippen molar-refractivity contribution in [1.29, 1.82) is 0 Å². The fourth-order valence-corrected chi connectivity index (χ4v) is 6.30. The van der Waals surface area contributed by atoms with Crippen LogP contribution in [0.4, 0.5) is 13.2 Å². The normalized spacial score (nSPS) is 25.6. The Bertz CT molecular complexity index is 1150. The number of likely N-dealkylation sites (tertiary alicyclic amines) is 1. The molecule has 4 rings (SSSR count). The largest absolute Gasteiger partial charge is 0.481 e. The third-order valence-electron chi connectivity index (χ3n) is 6.93. The summed E-state index contributed by atoms with van der Waals surface area (Å²) in [6.45, 7) is 2.39. The van der Waals surface area contributed by atoms with Gasteiger partial charge in [-0.05, 0) is 51.2 Å². The molecule has 1 heterocycles. The van der Waals surface area contributed by atoms with Crippen molar-refractivity contribution in [3.8, 4) is 5.75 Å². The Balaban J connectivity index is 1.57. The van der Waals surface area contributed by atoms with Gasteiger partial charge in [0.1, 0.15) is 11.8 Å². The SMILES string of the molecule is C[C@H](Oc1ccc(S(=O)(=O)[C@@H]2C[C@@H](C(=O)NC3(N)CC3)N(C(=O)C3(C)CC3)C2)c(Cl)c1)C(F)(F)F. The second-order valence-electron chi connectivity index (χ2n) is 9.98. The summed E-state index contributed by atoms with van der Waals surface area (Å²) in [5.41, 5.74) is 4.53. The lowest BCUT2D eigenvalue weighted by Crippen LogP contribution is -2.53. The highest BCUT2D eigenvalue weighted by molar-refractivity contribution is 7.92. The highest BCUT2D eigenvalue weighted by atomic mass is 35.5. The first-order valence-corrected chi connectivity index (χ1v) is 13.2. The Kier molecular flexibility index (Phi) is 6.33. The fraction of sp³-hybridized carbons (Fsp3) is 0.636. The minimum absolute atomic E-state index is 0.147. The lowest BCUT2D eigenvalue weighted by atomic mass is 10.1. The average Bonchev–Trinajstić information content (AvgIpc) is 3.62. The van der Waals surface area contributed by atoms with Gasteiger partial charge in [0, 0.05) is 18.0 Å². The standard InChI is InChI=1S/C22H27ClF3N3O5S/c1-12(22(24,25)26)34-13-3-4-17(15(23)9-13)35(32,33)14-10-16(18(30)28-21(27)7-8-21)29(11-14)19(31)20(2)5-6-20/h3-4,9,12,14,16H,5-8,10-11,27H2,1-2H3,(H,28,30)/t12-,14+,16-/m0/s1. The summed E-state index contributed by atoms with van der Waals surface area (Å²) in [7, 11) is -4.14. The fourth-order valence-electron chi connectivity index (χ4n) is 4.07. The predicted octanol–water partition coefficient (Wildman–Crippen LogP) is 2.78. The van der Waals surface area contributed by atoms with Gasteiger partial charge in [-0.15, -0.1) is 0 Å². The number of amides is 2. The number of hydrogen-bond donors (Lipinski definition) is 2. The number of carbonyl (C=O) groups excluding carboxylic acids is 2. The van der Waals surface area contributed by atoms with E-state index in [4.69, 9.17) is 22.1 Å². The van der Waals surface area contributed by atoms with E-state index >= 15 is 0 Å². The molecule has 1 aromatic rings. The zero-order valence-electron chi connectivity index (χ0n) is 19.2. The van der Waals surface area contributed by atoms with Gasteiger partial charge >= 0.3 is 6.18 Å². The van der Waals surface area contributed by atoms with Gasteiger partial charge in [0.25, 0.3) is 0 Å². The molecule has 1 aliphatic heterocycles. The lowest BCUT2D eigenvalue weighted by molar-refractivity contribution is -0.189. The Hall–Kier alpha value is -2.05. The maximum atomic E-state index is 13.4. The van der Waals surface area contributed by atoms with Crippen molar-refractivity contribution in [3.05, 3.63) is 23.2 Å². The Morgan fingerprint density at radius 2 is 1.89 bits per heavy atom. The van der Waals surface area contributed by atoms with Crippen molar-refractivity contribution < 1.29 is 35.9 Å². The number of rotatable bonds is 7. The van der Waals surface area contributed by atoms with E-state index in [9.17, 15) is 31.2 Å². The molecule has 0 spiro atoms. The number of carbonyl (C=O) groups is 2. The number of hydrogen-bond acceptors (Lipinski definition) is 6. The van der Waals surface area contributed by atoms with E-state index in [0.717, 1.165) is 25.1 Å². The molecular formula is C22H27ClF3N3O5S. The van der Waals surface area contributed by atoms with E-state index in [1.54, 1.807) is 6.92 Å². The number of alkyl halides is 3. The third-order valence-corrected chi connectivity index (χ3v) is 9.54. The summed E-state index contributed by atoms with van der Waals surface area (Å²) >= 11 is 6.15. The maximum absolute atomic E-state index is 13.4. The molecule has 1 aromatic carbocycles. The van der Waals surface area contributed by atoms with Crippen LogP contribution in [0.3, 0.4) is 0 Å². The van der Waals surface area contributed by atoms with Gasteiger partial charge < -0.3 is 20.7 Å². The van der Waals surface area contributed by atoms with E-state index in [1.165, 1.54) is 4.90 Å². The topological polar surface area (TPSA) is 119 Å². The number of nitrogens with two attached hydrogens (primary N) is 1. The molecule has 1 saturated heterocycles. The summed E-state index contributed by atoms with van der Waals surface area (Å²) in [5, 5.41) is 1.27. The van der Waals surface area contributed by atoms with Crippen LogP contribution in [-0.4, -0.2) is 60.9 Å². The number of sulfone groups is 1. The zero-order chi connectivity index (χ0) is 26.0. The average molecular weight is 538 g/mol. The molecule has 35 heavy (non-hydrogen) atoms. The molecule has 194 valence electrons. The van der Waals surface area contributed by atoms with E-state index in [0.29, 0.717) is 25.7 Å². The molecule has 13 heteroatoms. The number of ether oxygens (including phenoxy) is 1. The van der Waals surface area contributed by atoms with Crippen molar-refractivity contribution >= 4 is 33.3 Å². The number of halogens is 4. The molecule has 3 atom stereocenters. The van der Waals surface area contributed by atoms with Crippen molar-refractivity contribution in [2.24, 2.45) is 11.1 Å². The van der Waals surface area contributed by atoms with Crippen LogP contribution in [0.5, 0.6) is 5.75 Å². The van der Waals surface area contributed by atoms with Gasteiger partial charge in [0.05, 0.1) is 20.8 Å². The molecule has 0 bridgehead atoms. The molecule has 2 aliphatic carbocycles. The Morgan fingerprint density at radius 1 is 1.26 bits per heavy atom. The third kappa shape index (κ3) is 5.24. The lowest BCUT2D eigenvalue weighted by Gasteiger charge is -2.27. The highest BCUT2D eigenvalue weighted by Crippen LogP contribution is 2.48. The van der Waals surface area contributed by atoms with Crippen LogP contribution in [0, 0.1) is 5.41 Å². The summed E-state index contributed by atoms with van der Waals surface area (Å²) in [5.74, 6) is -1.02. The quantitative estimate of drug-likeness (QED) is 0.516. The molecule has 0 radical (unpaired) electrons. The van der Waals surface area contributed by atoms with Gasteiger partial charge in [-0.1, -0.05) is 18.5 Å². The van der Waals surface area contributed by atoms with Crippen LogP contribution < -0.4 is 15.8 Å². The molecule has 3 aliphatic rings. The molecule has 2 amide bonds. The Labute approximate surface area is 206 Å². The van der Waals surface area contributed by atoms with Crippen molar-refractivity contribution in [2.75, 3.05) is 6.54 Å². The molecule has 2 saturated carbocycles. The molecule has 3 N–H and O–H groups in total. The zero-order valence-corrected chi connectivity index (χ0v) is 20.8. The summed E-state index contributed by atoms with van der Waals surface area (Å²) in [4.78, 5) is 27.1. The predicted molar refractivity (Wildman–Crippen MR) is 120 cm³/mol. The van der Waals surface area contributed by atoms with Crippen molar-refractivity contribution in [1.82, 2.24) is 10.2 Å². The summed E-state index contributed by atoms with van der Waals surface area (Å²) < 4.78 is 70.1. The molecule has 8 nitrogen and oxygen atoms in total. The van der Waals surface area contributed by atoms with E-state index < -0.39 is 50.4 Å². The van der Waals surface area contributed by atoms with Gasteiger partial charge in [0.2, 0.25) is 11.8 Å². The smallest absolute Gasteiger partial charge is 0.425 e. The van der Waals surface area contributed by atoms with Gasteiger partial charge in [0.15, 0.2) is 15.9 Å². The molecule has 3 fully saturated rings. The van der Waals surface area contributed by atoms with E-state index in [1.807, 2.05) is 0 Å². The van der Waals surface area contributed by atoms with Gasteiger partial charge in [-0.25, -0.2) is 8.42 Å². The van der Waals surface area contributed by atoms with Crippen molar-refractivity contribution in [2.45, 2.75) is 80.1 Å². The minimum Gasteiger partial charge on any atom is -0.481 e. The number of benzene rings is 1. The van der Waals surface area contributed by atoms with Crippen LogP contribution in [0.2, 0.25) is 5.02 Å². The maximum Gasteiger partial charge on any atom is 0.425 e. The van der Waals surface area contributed by atoms with Crippen LogP contribution >= 0.6 is 11.6 Å². The Morgan fingerprint density at radius 3 is 2.40 bits per heavy atom. The second kappa shape index (κ2) is 8.52. The highest BCUT2D eigenvalue weighted by Gasteiger charge is 2.54. The van der Waals surface area contributed by atoms with Crippen LogP contribution in [-0.2, 0) is 19.4 Å². The first kappa shape index (κ1) is 26.0. The van der Waals surface area contributed by atoms with Gasteiger partial charge in [-0.3, -0.25) is 9.59 Å². The monoisotopic (exact) mass is 537 g/mol.